The summed E-state index contributed by atoms with van der Waals surface area (Å²) in [6.45, 7) is 7.15. The van der Waals surface area contributed by atoms with Gasteiger partial charge in [0.25, 0.3) is 0 Å². The number of hydrogen-bond donors (Lipinski definition) is 3. The van der Waals surface area contributed by atoms with Crippen LogP contribution in [0.1, 0.15) is 78.6 Å². The molecule has 0 aromatic rings. The van der Waals surface area contributed by atoms with Gasteiger partial charge in [0.15, 0.2) is 0 Å². The Kier molecular flexibility index (Phi) is 7.29. The van der Waals surface area contributed by atoms with Gasteiger partial charge in [0, 0.05) is 6.04 Å². The molecule has 3 saturated carbocycles. The quantitative estimate of drug-likeness (QED) is 0.634. The molecule has 29 heavy (non-hydrogen) atoms. The molecule has 168 valence electrons. The maximum absolute atomic E-state index is 12.6. The van der Waals surface area contributed by atoms with Crippen molar-refractivity contribution in [1.82, 2.24) is 5.32 Å². The molecule has 3 fully saturated rings. The number of halogens is 3. The number of amides is 1. The number of carboxylic acids is 1. The summed E-state index contributed by atoms with van der Waals surface area (Å²) in [5.41, 5.74) is 6.82. The van der Waals surface area contributed by atoms with E-state index < -0.39 is 12.1 Å². The highest BCUT2D eigenvalue weighted by molar-refractivity contribution is 5.82. The Morgan fingerprint density at radius 2 is 1.69 bits per heavy atom. The maximum atomic E-state index is 12.6. The summed E-state index contributed by atoms with van der Waals surface area (Å²) >= 11 is 0. The zero-order valence-corrected chi connectivity index (χ0v) is 17.6. The van der Waals surface area contributed by atoms with E-state index in [-0.39, 0.29) is 17.4 Å². The lowest BCUT2D eigenvalue weighted by atomic mass is 9.69. The Bertz CT molecular complexity index is 602. The average molecular weight is 421 g/mol. The summed E-state index contributed by atoms with van der Waals surface area (Å²) in [5.74, 6) is -1.23. The monoisotopic (exact) mass is 420 g/mol. The third-order valence-electron chi connectivity index (χ3n) is 8.00. The maximum Gasteiger partial charge on any atom is 0.490 e. The molecule has 4 atom stereocenters. The van der Waals surface area contributed by atoms with Gasteiger partial charge in [-0.2, -0.15) is 13.2 Å². The standard InChI is InChI=1S/C19H34N2O.C2HF3O2/c1-18(2)14-9-10-19(18,3)16(12-14)21-17(22)15(20)11-13-7-5-4-6-8-13;3-2(4,5)1(6)7/h13-16H,4-12,20H2,1-3H3,(H,21,22);(H,6,7)/t14-,15+,16+,19+;/m1./s1. The number of nitrogens with two attached hydrogens (primary N) is 1. The fourth-order valence-corrected chi connectivity index (χ4v) is 5.59. The summed E-state index contributed by atoms with van der Waals surface area (Å²) < 4.78 is 31.7. The van der Waals surface area contributed by atoms with Crippen molar-refractivity contribution in [3.63, 3.8) is 0 Å². The van der Waals surface area contributed by atoms with Crippen LogP contribution in [0.4, 0.5) is 13.2 Å². The SMILES string of the molecule is CC1(C)[C@@H]2CC[C@@]1(C)[C@@H](NC(=O)[C@@H](N)CC1CCCCC1)C2.O=C(O)C(F)(F)F. The lowest BCUT2D eigenvalue weighted by molar-refractivity contribution is -0.192. The van der Waals surface area contributed by atoms with Gasteiger partial charge in [-0.15, -0.1) is 0 Å². The second-order valence-electron chi connectivity index (χ2n) is 9.82. The second kappa shape index (κ2) is 8.82. The van der Waals surface area contributed by atoms with Crippen molar-refractivity contribution < 1.29 is 27.9 Å². The van der Waals surface area contributed by atoms with E-state index in [1.165, 1.54) is 44.9 Å². The van der Waals surface area contributed by atoms with Crippen molar-refractivity contribution in [1.29, 1.82) is 0 Å². The first-order valence-electron chi connectivity index (χ1n) is 10.6. The molecule has 0 heterocycles. The first kappa shape index (κ1) is 24.0. The molecule has 0 unspecified atom stereocenters. The van der Waals surface area contributed by atoms with Gasteiger partial charge >= 0.3 is 12.1 Å². The molecule has 3 aliphatic carbocycles. The molecular weight excluding hydrogens is 385 g/mol. The molecule has 3 rings (SSSR count). The van der Waals surface area contributed by atoms with Crippen LogP contribution in [0.25, 0.3) is 0 Å². The van der Waals surface area contributed by atoms with Gasteiger partial charge in [-0.3, -0.25) is 4.79 Å². The minimum atomic E-state index is -5.08. The van der Waals surface area contributed by atoms with E-state index in [2.05, 4.69) is 26.1 Å². The molecule has 0 spiro atoms. The van der Waals surface area contributed by atoms with Crippen LogP contribution in [0.3, 0.4) is 0 Å². The molecular formula is C21H35F3N2O3. The van der Waals surface area contributed by atoms with Crippen molar-refractivity contribution in [2.45, 2.75) is 96.8 Å². The van der Waals surface area contributed by atoms with Crippen LogP contribution in [0.15, 0.2) is 0 Å². The highest BCUT2D eigenvalue weighted by Gasteiger charge is 2.61. The fraction of sp³-hybridized carbons (Fsp3) is 0.905. The van der Waals surface area contributed by atoms with Gasteiger partial charge in [-0.05, 0) is 48.3 Å². The summed E-state index contributed by atoms with van der Waals surface area (Å²) in [7, 11) is 0. The molecule has 0 aliphatic heterocycles. The number of alkyl halides is 3. The van der Waals surface area contributed by atoms with Crippen molar-refractivity contribution in [2.24, 2.45) is 28.4 Å². The molecule has 4 N–H and O–H groups in total. The third kappa shape index (κ3) is 5.25. The van der Waals surface area contributed by atoms with Crippen molar-refractivity contribution in [2.75, 3.05) is 0 Å². The number of nitrogens with one attached hydrogen (secondary N) is 1. The number of hydrogen-bond acceptors (Lipinski definition) is 3. The Morgan fingerprint density at radius 3 is 2.10 bits per heavy atom. The summed E-state index contributed by atoms with van der Waals surface area (Å²) in [6, 6.07) is 0.0140. The number of rotatable bonds is 4. The summed E-state index contributed by atoms with van der Waals surface area (Å²) in [5, 5.41) is 10.5. The highest BCUT2D eigenvalue weighted by Crippen LogP contribution is 2.65. The first-order valence-corrected chi connectivity index (χ1v) is 10.6. The normalized spacial score (nSPS) is 32.2. The predicted octanol–water partition coefficient (Wildman–Crippen LogP) is 4.25. The largest absolute Gasteiger partial charge is 0.490 e. The zero-order valence-electron chi connectivity index (χ0n) is 17.6. The van der Waals surface area contributed by atoms with Crippen molar-refractivity contribution >= 4 is 11.9 Å². The van der Waals surface area contributed by atoms with E-state index in [1.54, 1.807) is 0 Å². The van der Waals surface area contributed by atoms with E-state index in [9.17, 15) is 18.0 Å². The third-order valence-corrected chi connectivity index (χ3v) is 8.00. The van der Waals surface area contributed by atoms with Crippen LogP contribution >= 0.6 is 0 Å². The highest BCUT2D eigenvalue weighted by atomic mass is 19.4. The molecule has 1 amide bonds. The molecule has 2 bridgehead atoms. The van der Waals surface area contributed by atoms with Gasteiger partial charge < -0.3 is 16.2 Å². The number of carbonyl (C=O) groups is 2. The van der Waals surface area contributed by atoms with Gasteiger partial charge in [0.1, 0.15) is 0 Å². The molecule has 0 radical (unpaired) electrons. The summed E-state index contributed by atoms with van der Waals surface area (Å²) in [6.07, 6.45) is 6.01. The number of fused-ring (bicyclic) bond motifs is 2. The minimum absolute atomic E-state index is 0.0974. The molecule has 0 aromatic heterocycles. The molecule has 8 heteroatoms. The number of aliphatic carboxylic acids is 1. The van der Waals surface area contributed by atoms with Crippen LogP contribution in [0, 0.1) is 22.7 Å². The van der Waals surface area contributed by atoms with E-state index in [0.717, 1.165) is 18.8 Å². The van der Waals surface area contributed by atoms with E-state index in [0.29, 0.717) is 17.4 Å². The van der Waals surface area contributed by atoms with E-state index >= 15 is 0 Å². The fourth-order valence-electron chi connectivity index (χ4n) is 5.59. The summed E-state index contributed by atoms with van der Waals surface area (Å²) in [4.78, 5) is 21.5. The Morgan fingerprint density at radius 1 is 1.14 bits per heavy atom. The Labute approximate surface area is 171 Å². The molecule has 3 aliphatic rings. The predicted molar refractivity (Wildman–Crippen MR) is 104 cm³/mol. The van der Waals surface area contributed by atoms with Gasteiger partial charge in [-0.1, -0.05) is 52.9 Å². The lowest BCUT2D eigenvalue weighted by Gasteiger charge is -2.40. The number of carboxylic acid groups (broad SMARTS) is 1. The van der Waals surface area contributed by atoms with E-state index in [4.69, 9.17) is 15.6 Å². The Hall–Kier alpha value is -1.31. The van der Waals surface area contributed by atoms with Crippen LogP contribution < -0.4 is 11.1 Å². The van der Waals surface area contributed by atoms with Crippen LogP contribution in [-0.2, 0) is 9.59 Å². The number of carbonyl (C=O) groups excluding carboxylic acids is 1. The Balaban J connectivity index is 0.000000370. The van der Waals surface area contributed by atoms with Gasteiger partial charge in [0.2, 0.25) is 5.91 Å². The zero-order chi connectivity index (χ0) is 22.0. The topological polar surface area (TPSA) is 92.4 Å². The molecule has 0 aromatic carbocycles. The van der Waals surface area contributed by atoms with Crippen molar-refractivity contribution in [3.05, 3.63) is 0 Å². The van der Waals surface area contributed by atoms with Crippen molar-refractivity contribution in [3.8, 4) is 0 Å². The average Bonchev–Trinajstić information content (AvgIpc) is 2.95. The molecule has 0 saturated heterocycles. The first-order chi connectivity index (χ1) is 13.3. The minimum Gasteiger partial charge on any atom is -0.475 e. The van der Waals surface area contributed by atoms with Gasteiger partial charge in [0.05, 0.1) is 6.04 Å². The smallest absolute Gasteiger partial charge is 0.475 e. The van der Waals surface area contributed by atoms with Crippen LogP contribution in [0.2, 0.25) is 0 Å². The van der Waals surface area contributed by atoms with Crippen LogP contribution in [-0.4, -0.2) is 35.2 Å². The van der Waals surface area contributed by atoms with Gasteiger partial charge in [-0.25, -0.2) is 4.79 Å². The second-order valence-corrected chi connectivity index (χ2v) is 9.82. The molecule has 5 nitrogen and oxygen atoms in total. The van der Waals surface area contributed by atoms with E-state index in [1.807, 2.05) is 0 Å². The van der Waals surface area contributed by atoms with Crippen LogP contribution in [0.5, 0.6) is 0 Å². The lowest BCUT2D eigenvalue weighted by Crippen LogP contribution is -2.52.